The Balaban J connectivity index is 1.24. The zero-order valence-electron chi connectivity index (χ0n) is 29.1. The van der Waals surface area contributed by atoms with Gasteiger partial charge in [0.1, 0.15) is 0 Å². The monoisotopic (exact) mass is 581 g/mol. The number of aliphatic hydroxyl groups is 2. The average molecular weight is 581 g/mol. The summed E-state index contributed by atoms with van der Waals surface area (Å²) in [6.45, 7) is 20.7. The molecule has 240 valence electrons. The summed E-state index contributed by atoms with van der Waals surface area (Å²) >= 11 is 0. The summed E-state index contributed by atoms with van der Waals surface area (Å²) in [7, 11) is 0. The minimum atomic E-state index is -0.180. The second kappa shape index (κ2) is 15.7. The van der Waals surface area contributed by atoms with Crippen molar-refractivity contribution >= 4 is 0 Å². The number of hydrogen-bond donors (Lipinski definition) is 2. The van der Waals surface area contributed by atoms with Gasteiger partial charge in [0.05, 0.1) is 12.2 Å². The van der Waals surface area contributed by atoms with Gasteiger partial charge in [-0.25, -0.2) is 0 Å². The smallest absolute Gasteiger partial charge is 0.0608 e. The summed E-state index contributed by atoms with van der Waals surface area (Å²) in [5, 5.41) is 20.4. The topological polar surface area (TPSA) is 40.5 Å². The fourth-order valence-electron chi connectivity index (χ4n) is 8.06. The predicted octanol–water partition coefficient (Wildman–Crippen LogP) is 11.1. The molecule has 0 amide bonds. The van der Waals surface area contributed by atoms with Crippen LogP contribution in [0.15, 0.2) is 46.6 Å². The van der Waals surface area contributed by atoms with E-state index in [1.165, 1.54) is 81.8 Å². The van der Waals surface area contributed by atoms with Gasteiger partial charge in [0.15, 0.2) is 0 Å². The van der Waals surface area contributed by atoms with Crippen LogP contribution in [0, 0.1) is 40.4 Å². The minimum Gasteiger partial charge on any atom is -0.393 e. The van der Waals surface area contributed by atoms with Crippen molar-refractivity contribution in [2.24, 2.45) is 40.4 Å². The quantitative estimate of drug-likeness (QED) is 0.141. The molecule has 42 heavy (non-hydrogen) atoms. The third-order valence-corrected chi connectivity index (χ3v) is 11.2. The lowest BCUT2D eigenvalue weighted by atomic mass is 9.70. The van der Waals surface area contributed by atoms with E-state index in [0.29, 0.717) is 11.8 Å². The van der Waals surface area contributed by atoms with Crippen molar-refractivity contribution in [3.63, 3.8) is 0 Å². The first-order valence-corrected chi connectivity index (χ1v) is 17.8. The summed E-state index contributed by atoms with van der Waals surface area (Å²) in [6.07, 6.45) is 26.5. The van der Waals surface area contributed by atoms with Crippen molar-refractivity contribution in [2.75, 3.05) is 0 Å². The van der Waals surface area contributed by atoms with Gasteiger partial charge in [-0.15, -0.1) is 0 Å². The molecule has 1 saturated carbocycles. The Morgan fingerprint density at radius 2 is 1.69 bits per heavy atom. The SMILES string of the molecule is CC1=C(/C=C/C(C)CCCC(C)CCC/C=C(\C)CCC[C@H]2C[C@@H]2CC2=C[C@H](C)[C@H](O)CC2(C)C)C(C)(C)C[C@@H](O)C1. The predicted molar refractivity (Wildman–Crippen MR) is 182 cm³/mol. The van der Waals surface area contributed by atoms with Gasteiger partial charge in [0, 0.05) is 5.92 Å². The van der Waals surface area contributed by atoms with Crippen molar-refractivity contribution in [3.8, 4) is 0 Å². The molecular formula is C40H68O2. The van der Waals surface area contributed by atoms with Gasteiger partial charge < -0.3 is 10.2 Å². The molecule has 3 rings (SSSR count). The molecule has 2 unspecified atom stereocenters. The molecule has 3 aliphatic carbocycles. The van der Waals surface area contributed by atoms with Crippen LogP contribution in [-0.2, 0) is 0 Å². The molecule has 0 aromatic rings. The fourth-order valence-corrected chi connectivity index (χ4v) is 8.06. The molecule has 2 N–H and O–H groups in total. The van der Waals surface area contributed by atoms with Gasteiger partial charge in [-0.05, 0) is 125 Å². The van der Waals surface area contributed by atoms with E-state index in [9.17, 15) is 10.2 Å². The van der Waals surface area contributed by atoms with E-state index in [1.54, 1.807) is 11.1 Å². The van der Waals surface area contributed by atoms with Gasteiger partial charge in [-0.1, -0.05) is 109 Å². The van der Waals surface area contributed by atoms with Crippen molar-refractivity contribution in [1.29, 1.82) is 0 Å². The highest BCUT2D eigenvalue weighted by Crippen LogP contribution is 2.51. The molecule has 0 bridgehead atoms. The molecular weight excluding hydrogens is 512 g/mol. The molecule has 1 fully saturated rings. The summed E-state index contributed by atoms with van der Waals surface area (Å²) in [5.41, 5.74) is 6.26. The zero-order chi connectivity index (χ0) is 31.1. The van der Waals surface area contributed by atoms with Crippen molar-refractivity contribution in [3.05, 3.63) is 46.6 Å². The molecule has 0 radical (unpaired) electrons. The zero-order valence-corrected chi connectivity index (χ0v) is 29.1. The van der Waals surface area contributed by atoms with Crippen LogP contribution in [0.3, 0.4) is 0 Å². The number of rotatable bonds is 16. The minimum absolute atomic E-state index is 0.0786. The molecule has 3 aliphatic rings. The van der Waals surface area contributed by atoms with Crippen LogP contribution in [-0.4, -0.2) is 22.4 Å². The van der Waals surface area contributed by atoms with Crippen LogP contribution in [0.1, 0.15) is 152 Å². The van der Waals surface area contributed by atoms with E-state index < -0.39 is 0 Å². The average Bonchev–Trinajstić information content (AvgIpc) is 3.61. The maximum atomic E-state index is 10.3. The molecule has 0 aromatic carbocycles. The summed E-state index contributed by atoms with van der Waals surface area (Å²) in [5.74, 6) is 3.58. The van der Waals surface area contributed by atoms with E-state index in [1.807, 2.05) is 0 Å². The Bertz CT molecular complexity index is 976. The lowest BCUT2D eigenvalue weighted by Crippen LogP contribution is -2.32. The van der Waals surface area contributed by atoms with Crippen molar-refractivity contribution in [1.82, 2.24) is 0 Å². The lowest BCUT2D eigenvalue weighted by Gasteiger charge is -2.37. The van der Waals surface area contributed by atoms with Crippen LogP contribution < -0.4 is 0 Å². The second-order valence-corrected chi connectivity index (χ2v) is 16.6. The highest BCUT2D eigenvalue weighted by Gasteiger charge is 2.41. The Labute approximate surface area is 261 Å². The molecule has 0 saturated heterocycles. The maximum absolute atomic E-state index is 10.3. The van der Waals surface area contributed by atoms with Crippen molar-refractivity contribution < 1.29 is 10.2 Å². The number of aliphatic hydroxyl groups excluding tert-OH is 2. The third kappa shape index (κ3) is 11.1. The first-order valence-electron chi connectivity index (χ1n) is 17.8. The molecule has 0 aromatic heterocycles. The van der Waals surface area contributed by atoms with Crippen LogP contribution in [0.5, 0.6) is 0 Å². The normalized spacial score (nSPS) is 30.9. The number of allylic oxidation sites excluding steroid dienone is 6. The standard InChI is InChI=1S/C40H68O2/c1-28(16-12-17-30(3)20-21-37-31(4)23-36(41)26-40(37,8)9)14-10-11-15-29(2)18-13-19-33-24-34(33)25-35-22-32(5)38(42)27-39(35,6)7/h15,20-22,28,30,32-34,36,38,41-42H,10-14,16-19,23-27H2,1-9H3/b21-20+,29-15+/t28?,30?,32-,33-,34+,36-,38+/m0/s1. The Morgan fingerprint density at radius 3 is 2.40 bits per heavy atom. The molecule has 2 nitrogen and oxygen atoms in total. The Hall–Kier alpha value is -1.12. The van der Waals surface area contributed by atoms with E-state index in [4.69, 9.17) is 0 Å². The van der Waals surface area contributed by atoms with Gasteiger partial charge in [-0.2, -0.15) is 0 Å². The van der Waals surface area contributed by atoms with Crippen LogP contribution in [0.2, 0.25) is 0 Å². The van der Waals surface area contributed by atoms with E-state index in [2.05, 4.69) is 86.6 Å². The van der Waals surface area contributed by atoms with E-state index in [-0.39, 0.29) is 23.0 Å². The van der Waals surface area contributed by atoms with Gasteiger partial charge in [-0.3, -0.25) is 0 Å². The molecule has 7 atom stereocenters. The summed E-state index contributed by atoms with van der Waals surface area (Å²) < 4.78 is 0. The highest BCUT2D eigenvalue weighted by molar-refractivity contribution is 5.33. The first-order chi connectivity index (χ1) is 19.7. The number of hydrogen-bond acceptors (Lipinski definition) is 2. The van der Waals surface area contributed by atoms with Gasteiger partial charge >= 0.3 is 0 Å². The highest BCUT2D eigenvalue weighted by atomic mass is 16.3. The second-order valence-electron chi connectivity index (χ2n) is 16.6. The van der Waals surface area contributed by atoms with Crippen molar-refractivity contribution in [2.45, 2.75) is 164 Å². The molecule has 0 spiro atoms. The Morgan fingerprint density at radius 1 is 0.976 bits per heavy atom. The van der Waals surface area contributed by atoms with Gasteiger partial charge in [0.25, 0.3) is 0 Å². The molecule has 0 heterocycles. The molecule has 0 aliphatic heterocycles. The van der Waals surface area contributed by atoms with E-state index >= 15 is 0 Å². The van der Waals surface area contributed by atoms with Crippen LogP contribution >= 0.6 is 0 Å². The third-order valence-electron chi connectivity index (χ3n) is 11.2. The number of unbranched alkanes of at least 4 members (excludes halogenated alkanes) is 1. The van der Waals surface area contributed by atoms with Gasteiger partial charge in [0.2, 0.25) is 0 Å². The van der Waals surface area contributed by atoms with E-state index in [0.717, 1.165) is 37.0 Å². The fraction of sp³-hybridized carbons (Fsp3) is 0.800. The molecule has 2 heteroatoms. The van der Waals surface area contributed by atoms with Crippen LogP contribution in [0.4, 0.5) is 0 Å². The lowest BCUT2D eigenvalue weighted by molar-refractivity contribution is 0.0811. The van der Waals surface area contributed by atoms with Crippen LogP contribution in [0.25, 0.3) is 0 Å². The largest absolute Gasteiger partial charge is 0.393 e. The summed E-state index contributed by atoms with van der Waals surface area (Å²) in [6, 6.07) is 0. The first kappa shape index (κ1) is 35.4. The summed E-state index contributed by atoms with van der Waals surface area (Å²) in [4.78, 5) is 0. The Kier molecular flexibility index (Phi) is 13.3. The maximum Gasteiger partial charge on any atom is 0.0608 e.